The standard InChI is InChI=1S/C25H27F4N3O5S.ClH/c1-25(2,24(35)36)37-20-4-3-13(7-19(20)29)12-31-22(34)23-32(5-6-38-23)21(33)10-15(30)8-14-9-17(27)18(28)11-16(14)26;/h3-4,7,9,11,15,23H,5-6,8,10,12,30H2,1-2H3,(H,31,34)(H,35,36);1H/t15-,23?;/m1./s1. The van der Waals surface area contributed by atoms with Crippen LogP contribution in [-0.2, 0) is 27.3 Å². The number of rotatable bonds is 10. The monoisotopic (exact) mass is 593 g/mol. The van der Waals surface area contributed by atoms with Gasteiger partial charge in [-0.05, 0) is 49.6 Å². The number of carboxylic acids is 1. The predicted molar refractivity (Wildman–Crippen MR) is 138 cm³/mol. The van der Waals surface area contributed by atoms with E-state index in [2.05, 4.69) is 5.32 Å². The molecule has 2 amide bonds. The zero-order chi connectivity index (χ0) is 28.2. The van der Waals surface area contributed by atoms with Gasteiger partial charge in [0.2, 0.25) is 5.91 Å². The maximum atomic E-state index is 14.4. The summed E-state index contributed by atoms with van der Waals surface area (Å²) in [5.74, 6) is -6.31. The van der Waals surface area contributed by atoms with E-state index in [1.54, 1.807) is 0 Å². The lowest BCUT2D eigenvalue weighted by atomic mass is 10.0. The van der Waals surface area contributed by atoms with E-state index < -0.39 is 58.1 Å². The normalized spacial score (nSPS) is 15.9. The molecule has 8 nitrogen and oxygen atoms in total. The van der Waals surface area contributed by atoms with Gasteiger partial charge in [0.1, 0.15) is 5.82 Å². The summed E-state index contributed by atoms with van der Waals surface area (Å²) < 4.78 is 60.1. The third-order valence-corrected chi connectivity index (χ3v) is 6.99. The zero-order valence-electron chi connectivity index (χ0n) is 21.0. The Morgan fingerprint density at radius 3 is 2.44 bits per heavy atom. The van der Waals surface area contributed by atoms with Crippen LogP contribution in [0.1, 0.15) is 31.4 Å². The number of ether oxygens (including phenoxy) is 1. The van der Waals surface area contributed by atoms with E-state index in [4.69, 9.17) is 15.6 Å². The van der Waals surface area contributed by atoms with Gasteiger partial charge in [-0.25, -0.2) is 22.4 Å². The number of thioether (sulfide) groups is 1. The summed E-state index contributed by atoms with van der Waals surface area (Å²) in [6, 6.07) is 4.06. The minimum absolute atomic E-state index is 0. The Kier molecular flexibility index (Phi) is 11.0. The lowest BCUT2D eigenvalue weighted by molar-refractivity contribution is -0.152. The highest BCUT2D eigenvalue weighted by Gasteiger charge is 2.35. The average molecular weight is 594 g/mol. The number of hydrogen-bond acceptors (Lipinski definition) is 6. The molecule has 0 radical (unpaired) electrons. The van der Waals surface area contributed by atoms with E-state index in [1.165, 1.54) is 42.6 Å². The number of hydrogen-bond donors (Lipinski definition) is 3. The smallest absolute Gasteiger partial charge is 0.347 e. The molecule has 2 aromatic carbocycles. The van der Waals surface area contributed by atoms with E-state index in [0.29, 0.717) is 23.4 Å². The maximum absolute atomic E-state index is 14.4. The molecule has 0 aromatic heterocycles. The first-order chi connectivity index (χ1) is 17.8. The van der Waals surface area contributed by atoms with Gasteiger partial charge in [0, 0.05) is 37.4 Å². The van der Waals surface area contributed by atoms with Crippen LogP contribution in [0.4, 0.5) is 17.6 Å². The number of nitrogens with one attached hydrogen (secondary N) is 1. The van der Waals surface area contributed by atoms with Gasteiger partial charge in [0.05, 0.1) is 0 Å². The first-order valence-corrected chi connectivity index (χ1v) is 12.6. The Labute approximate surface area is 232 Å². The third-order valence-electron chi connectivity index (χ3n) is 5.79. The molecule has 1 heterocycles. The van der Waals surface area contributed by atoms with E-state index in [1.807, 2.05) is 0 Å². The van der Waals surface area contributed by atoms with Gasteiger partial charge in [-0.2, -0.15) is 0 Å². The fourth-order valence-electron chi connectivity index (χ4n) is 3.69. The Balaban J connectivity index is 0.00000533. The van der Waals surface area contributed by atoms with Crippen LogP contribution < -0.4 is 15.8 Å². The minimum atomic E-state index is -1.64. The second-order valence-electron chi connectivity index (χ2n) is 9.24. The molecule has 14 heteroatoms. The van der Waals surface area contributed by atoms with Gasteiger partial charge in [0.25, 0.3) is 5.91 Å². The van der Waals surface area contributed by atoms with Crippen LogP contribution in [-0.4, -0.2) is 57.1 Å². The molecule has 0 spiro atoms. The van der Waals surface area contributed by atoms with Crippen molar-refractivity contribution >= 4 is 42.0 Å². The number of carbonyl (C=O) groups is 3. The molecular formula is C25H28ClF4N3O5S. The summed E-state index contributed by atoms with van der Waals surface area (Å²) in [5, 5.41) is 10.9. The van der Waals surface area contributed by atoms with Crippen molar-refractivity contribution in [1.29, 1.82) is 0 Å². The second-order valence-corrected chi connectivity index (χ2v) is 10.4. The van der Waals surface area contributed by atoms with Crippen LogP contribution in [0.25, 0.3) is 0 Å². The van der Waals surface area contributed by atoms with E-state index in [9.17, 15) is 31.9 Å². The highest BCUT2D eigenvalue weighted by molar-refractivity contribution is 8.00. The molecule has 2 aromatic rings. The average Bonchev–Trinajstić information content (AvgIpc) is 3.32. The number of amides is 2. The molecule has 39 heavy (non-hydrogen) atoms. The first kappa shape index (κ1) is 32.2. The number of nitrogens with two attached hydrogens (primary N) is 1. The van der Waals surface area contributed by atoms with Crippen LogP contribution in [0.3, 0.4) is 0 Å². The molecule has 3 rings (SSSR count). The summed E-state index contributed by atoms with van der Waals surface area (Å²) in [6.45, 7) is 2.77. The largest absolute Gasteiger partial charge is 0.478 e. The highest BCUT2D eigenvalue weighted by Crippen LogP contribution is 2.26. The van der Waals surface area contributed by atoms with E-state index >= 15 is 0 Å². The van der Waals surface area contributed by atoms with Gasteiger partial charge in [-0.3, -0.25) is 9.59 Å². The number of carboxylic acid groups (broad SMARTS) is 1. The van der Waals surface area contributed by atoms with Crippen molar-refractivity contribution in [2.75, 3.05) is 12.3 Å². The Morgan fingerprint density at radius 2 is 1.79 bits per heavy atom. The predicted octanol–water partition coefficient (Wildman–Crippen LogP) is 3.38. The minimum Gasteiger partial charge on any atom is -0.478 e. The molecule has 0 saturated carbocycles. The second kappa shape index (κ2) is 13.4. The van der Waals surface area contributed by atoms with E-state index in [-0.39, 0.29) is 49.7 Å². The summed E-state index contributed by atoms with van der Waals surface area (Å²) in [4.78, 5) is 38.1. The van der Waals surface area contributed by atoms with Crippen molar-refractivity contribution in [3.63, 3.8) is 0 Å². The van der Waals surface area contributed by atoms with Crippen molar-refractivity contribution in [3.05, 3.63) is 64.7 Å². The summed E-state index contributed by atoms with van der Waals surface area (Å²) in [7, 11) is 0. The Morgan fingerprint density at radius 1 is 1.13 bits per heavy atom. The van der Waals surface area contributed by atoms with E-state index in [0.717, 1.165) is 6.07 Å². The maximum Gasteiger partial charge on any atom is 0.347 e. The topological polar surface area (TPSA) is 122 Å². The number of halogens is 5. The van der Waals surface area contributed by atoms with Gasteiger partial charge in [-0.1, -0.05) is 6.07 Å². The van der Waals surface area contributed by atoms with Crippen LogP contribution >= 0.6 is 24.2 Å². The van der Waals surface area contributed by atoms with Crippen molar-refractivity contribution in [1.82, 2.24) is 10.2 Å². The van der Waals surface area contributed by atoms with Crippen LogP contribution in [0.15, 0.2) is 30.3 Å². The summed E-state index contributed by atoms with van der Waals surface area (Å²) in [5.41, 5.74) is 4.53. The number of nitrogens with zero attached hydrogens (tertiary/aromatic N) is 1. The third kappa shape index (κ3) is 8.23. The summed E-state index contributed by atoms with van der Waals surface area (Å²) >= 11 is 1.23. The van der Waals surface area contributed by atoms with Crippen LogP contribution in [0.2, 0.25) is 0 Å². The number of benzene rings is 2. The highest BCUT2D eigenvalue weighted by atomic mass is 35.5. The molecule has 1 aliphatic rings. The molecule has 2 atom stereocenters. The number of carbonyl (C=O) groups excluding carboxylic acids is 2. The molecule has 1 fully saturated rings. The Hall–Kier alpha value is -3.03. The van der Waals surface area contributed by atoms with Crippen molar-refractivity contribution in [2.24, 2.45) is 5.73 Å². The molecule has 214 valence electrons. The fraction of sp³-hybridized carbons (Fsp3) is 0.400. The molecule has 4 N–H and O–H groups in total. The van der Waals surface area contributed by atoms with Gasteiger partial charge < -0.3 is 25.8 Å². The molecular weight excluding hydrogens is 566 g/mol. The first-order valence-electron chi connectivity index (χ1n) is 11.6. The molecule has 0 bridgehead atoms. The van der Waals surface area contributed by atoms with Gasteiger partial charge in [-0.15, -0.1) is 24.2 Å². The molecule has 1 unspecified atom stereocenters. The van der Waals surface area contributed by atoms with Gasteiger partial charge >= 0.3 is 5.97 Å². The van der Waals surface area contributed by atoms with Gasteiger partial charge in [0.15, 0.2) is 34.2 Å². The Bertz CT molecular complexity index is 1240. The molecule has 1 aliphatic heterocycles. The summed E-state index contributed by atoms with van der Waals surface area (Å²) in [6.07, 6.45) is -0.455. The quantitative estimate of drug-likeness (QED) is 0.285. The lowest BCUT2D eigenvalue weighted by Gasteiger charge is -2.24. The molecule has 1 saturated heterocycles. The van der Waals surface area contributed by atoms with Crippen molar-refractivity contribution in [3.8, 4) is 5.75 Å². The van der Waals surface area contributed by atoms with Crippen molar-refractivity contribution < 1.29 is 41.8 Å². The fourth-order valence-corrected chi connectivity index (χ4v) is 4.85. The molecule has 0 aliphatic carbocycles. The lowest BCUT2D eigenvalue weighted by Crippen LogP contribution is -2.46. The number of aliphatic carboxylic acids is 1. The zero-order valence-corrected chi connectivity index (χ0v) is 22.6. The van der Waals surface area contributed by atoms with Crippen LogP contribution in [0, 0.1) is 23.3 Å². The van der Waals surface area contributed by atoms with Crippen molar-refractivity contribution in [2.45, 2.75) is 50.3 Å². The SMILES string of the molecule is CC(C)(Oc1ccc(CNC(=O)C2SCCN2C(=O)C[C@H](N)Cc2cc(F)c(F)cc2F)cc1F)C(=O)O.Cl. The van der Waals surface area contributed by atoms with Crippen LogP contribution in [0.5, 0.6) is 5.75 Å².